The maximum absolute atomic E-state index is 13.5. The number of aryl methyl sites for hydroxylation is 1. The fourth-order valence-electron chi connectivity index (χ4n) is 4.12. The van der Waals surface area contributed by atoms with E-state index in [-0.39, 0.29) is 10.6 Å². The van der Waals surface area contributed by atoms with E-state index in [0.717, 1.165) is 16.3 Å². The highest BCUT2D eigenvalue weighted by Gasteiger charge is 2.27. The van der Waals surface area contributed by atoms with Crippen LogP contribution in [0, 0.1) is 10.1 Å². The van der Waals surface area contributed by atoms with Crippen molar-refractivity contribution in [3.63, 3.8) is 0 Å². The number of nitro benzene ring substituents is 1. The molecule has 0 aliphatic carbocycles. The number of carbonyl (C=O) groups excluding carboxylic acids is 1. The first kappa shape index (κ1) is 27.7. The van der Waals surface area contributed by atoms with E-state index < -0.39 is 27.4 Å². The van der Waals surface area contributed by atoms with Crippen molar-refractivity contribution in [3.05, 3.63) is 94.0 Å². The fraction of sp³-hybridized carbons (Fsp3) is 0.259. The third-order valence-electron chi connectivity index (χ3n) is 6.22. The van der Waals surface area contributed by atoms with Crippen molar-refractivity contribution in [2.24, 2.45) is 5.10 Å². The highest BCUT2D eigenvalue weighted by molar-refractivity contribution is 7.92. The van der Waals surface area contributed by atoms with E-state index in [4.69, 9.17) is 4.74 Å². The van der Waals surface area contributed by atoms with Gasteiger partial charge in [0.1, 0.15) is 6.54 Å². The molecule has 0 atom stereocenters. The van der Waals surface area contributed by atoms with Crippen molar-refractivity contribution in [1.29, 1.82) is 0 Å². The summed E-state index contributed by atoms with van der Waals surface area (Å²) < 4.78 is 33.3. The summed E-state index contributed by atoms with van der Waals surface area (Å²) in [7, 11) is -4.06. The van der Waals surface area contributed by atoms with Crippen molar-refractivity contribution in [2.45, 2.75) is 18.2 Å². The van der Waals surface area contributed by atoms with E-state index in [0.29, 0.717) is 43.2 Å². The number of amides is 1. The van der Waals surface area contributed by atoms with Crippen molar-refractivity contribution in [2.75, 3.05) is 42.1 Å². The average Bonchev–Trinajstić information content (AvgIpc) is 2.96. The molecule has 12 heteroatoms. The average molecular weight is 552 g/mol. The number of hydrogen-bond donors (Lipinski definition) is 1. The molecule has 0 saturated carbocycles. The maximum atomic E-state index is 13.5. The molecule has 11 nitrogen and oxygen atoms in total. The van der Waals surface area contributed by atoms with Gasteiger partial charge < -0.3 is 9.64 Å². The van der Waals surface area contributed by atoms with E-state index in [1.165, 1.54) is 30.5 Å². The van der Waals surface area contributed by atoms with Crippen molar-refractivity contribution in [3.8, 4) is 0 Å². The molecular weight excluding hydrogens is 522 g/mol. The van der Waals surface area contributed by atoms with Crippen LogP contribution >= 0.6 is 0 Å². The van der Waals surface area contributed by atoms with Crippen LogP contribution in [0.15, 0.2) is 82.8 Å². The number of rotatable bonds is 10. The van der Waals surface area contributed by atoms with Gasteiger partial charge in [-0.25, -0.2) is 13.8 Å². The van der Waals surface area contributed by atoms with Crippen LogP contribution in [0.3, 0.4) is 0 Å². The van der Waals surface area contributed by atoms with Crippen LogP contribution in [0.1, 0.15) is 18.1 Å². The molecule has 0 unspecified atom stereocenters. The number of hydrogen-bond acceptors (Lipinski definition) is 8. The summed E-state index contributed by atoms with van der Waals surface area (Å²) in [5, 5.41) is 15.3. The molecule has 0 spiro atoms. The number of anilines is 2. The molecule has 0 aromatic heterocycles. The third-order valence-corrected chi connectivity index (χ3v) is 8.01. The third kappa shape index (κ3) is 6.78. The molecule has 3 aromatic rings. The highest BCUT2D eigenvalue weighted by Crippen LogP contribution is 2.26. The molecule has 1 amide bonds. The molecule has 1 heterocycles. The lowest BCUT2D eigenvalue weighted by Crippen LogP contribution is -2.39. The van der Waals surface area contributed by atoms with Gasteiger partial charge in [0.05, 0.1) is 34.9 Å². The molecule has 1 saturated heterocycles. The number of non-ortho nitro benzene ring substituents is 1. The molecule has 1 aliphatic heterocycles. The summed E-state index contributed by atoms with van der Waals surface area (Å²) in [5.41, 5.74) is 4.77. The van der Waals surface area contributed by atoms with Crippen molar-refractivity contribution in [1.82, 2.24) is 5.43 Å². The van der Waals surface area contributed by atoms with Gasteiger partial charge in [0.2, 0.25) is 0 Å². The quantitative estimate of drug-likeness (QED) is 0.232. The zero-order valence-electron chi connectivity index (χ0n) is 21.4. The Balaban J connectivity index is 1.57. The lowest BCUT2D eigenvalue weighted by Gasteiger charge is -2.29. The standard InChI is InChI=1S/C27H29N5O6S/c1-2-21-8-10-23(11-9-21)31(39(36,37)25-6-4-3-5-7-25)20-27(33)29-28-19-22-18-24(32(34)35)12-13-26(22)30-14-16-38-17-15-30/h3-13,18-19H,2,14-17,20H2,1H3,(H,29,33)/b28-19-. The zero-order chi connectivity index (χ0) is 27.8. The van der Waals surface area contributed by atoms with Gasteiger partial charge in [-0.1, -0.05) is 37.3 Å². The van der Waals surface area contributed by atoms with Gasteiger partial charge in [0.25, 0.3) is 21.6 Å². The number of morpholine rings is 1. The Hall–Kier alpha value is -4.29. The normalized spacial score (nSPS) is 13.8. The first-order valence-corrected chi connectivity index (χ1v) is 13.8. The van der Waals surface area contributed by atoms with Gasteiger partial charge in [-0.05, 0) is 42.3 Å². The number of nitro groups is 1. The predicted octanol–water partition coefficient (Wildman–Crippen LogP) is 3.34. The van der Waals surface area contributed by atoms with E-state index in [2.05, 4.69) is 10.5 Å². The number of benzene rings is 3. The van der Waals surface area contributed by atoms with Gasteiger partial charge in [0, 0.05) is 36.5 Å². The second-order valence-corrected chi connectivity index (χ2v) is 10.6. The predicted molar refractivity (Wildman–Crippen MR) is 149 cm³/mol. The first-order valence-electron chi connectivity index (χ1n) is 12.4. The van der Waals surface area contributed by atoms with E-state index in [1.807, 2.05) is 24.0 Å². The first-order chi connectivity index (χ1) is 18.8. The number of ether oxygens (including phenoxy) is 1. The van der Waals surface area contributed by atoms with E-state index in [1.54, 1.807) is 36.4 Å². The minimum atomic E-state index is -4.06. The molecule has 204 valence electrons. The van der Waals surface area contributed by atoms with Gasteiger partial charge in [-0.3, -0.25) is 19.2 Å². The van der Waals surface area contributed by atoms with Gasteiger partial charge >= 0.3 is 0 Å². The molecule has 1 N–H and O–H groups in total. The monoisotopic (exact) mass is 551 g/mol. The van der Waals surface area contributed by atoms with Gasteiger partial charge in [-0.2, -0.15) is 5.10 Å². The second kappa shape index (κ2) is 12.5. The zero-order valence-corrected chi connectivity index (χ0v) is 22.2. The number of hydrazone groups is 1. The van der Waals surface area contributed by atoms with E-state index in [9.17, 15) is 23.3 Å². The molecular formula is C27H29N5O6S. The topological polar surface area (TPSA) is 134 Å². The Bertz CT molecular complexity index is 1440. The largest absolute Gasteiger partial charge is 0.378 e. The molecule has 39 heavy (non-hydrogen) atoms. The lowest BCUT2D eigenvalue weighted by molar-refractivity contribution is -0.384. The Morgan fingerprint density at radius 1 is 1.10 bits per heavy atom. The van der Waals surface area contributed by atoms with Gasteiger partial charge in [0.15, 0.2) is 0 Å². The van der Waals surface area contributed by atoms with Crippen LogP contribution < -0.4 is 14.6 Å². The summed E-state index contributed by atoms with van der Waals surface area (Å²) in [6, 6.07) is 19.2. The summed E-state index contributed by atoms with van der Waals surface area (Å²) >= 11 is 0. The number of sulfonamides is 1. The number of nitrogens with one attached hydrogen (secondary N) is 1. The Morgan fingerprint density at radius 3 is 2.44 bits per heavy atom. The second-order valence-electron chi connectivity index (χ2n) is 8.74. The molecule has 3 aromatic carbocycles. The van der Waals surface area contributed by atoms with Crippen LogP contribution in [0.2, 0.25) is 0 Å². The van der Waals surface area contributed by atoms with Crippen LogP contribution in [0.5, 0.6) is 0 Å². The smallest absolute Gasteiger partial charge is 0.270 e. The molecule has 0 bridgehead atoms. The Morgan fingerprint density at radius 2 is 1.79 bits per heavy atom. The van der Waals surface area contributed by atoms with Crippen molar-refractivity contribution < 1.29 is 22.9 Å². The van der Waals surface area contributed by atoms with Crippen LogP contribution in [0.25, 0.3) is 0 Å². The summed E-state index contributed by atoms with van der Waals surface area (Å²) in [6.07, 6.45) is 2.10. The lowest BCUT2D eigenvalue weighted by atomic mass is 10.1. The van der Waals surface area contributed by atoms with Crippen LogP contribution in [-0.2, 0) is 26.0 Å². The molecule has 4 rings (SSSR count). The SMILES string of the molecule is CCc1ccc(N(CC(=O)N/N=C\c2cc([N+](=O)[O-])ccc2N2CCOCC2)S(=O)(=O)c2ccccc2)cc1. The van der Waals surface area contributed by atoms with Gasteiger partial charge in [-0.15, -0.1) is 0 Å². The minimum Gasteiger partial charge on any atom is -0.378 e. The van der Waals surface area contributed by atoms with Crippen LogP contribution in [0.4, 0.5) is 17.1 Å². The number of nitrogens with zero attached hydrogens (tertiary/aromatic N) is 4. The molecule has 0 radical (unpaired) electrons. The maximum Gasteiger partial charge on any atom is 0.270 e. The molecule has 1 fully saturated rings. The Labute approximate surface area is 226 Å². The summed E-state index contributed by atoms with van der Waals surface area (Å²) in [5.74, 6) is -0.677. The van der Waals surface area contributed by atoms with Crippen LogP contribution in [-0.4, -0.2) is 58.3 Å². The highest BCUT2D eigenvalue weighted by atomic mass is 32.2. The molecule has 1 aliphatic rings. The van der Waals surface area contributed by atoms with E-state index >= 15 is 0 Å². The minimum absolute atomic E-state index is 0.0487. The fourth-order valence-corrected chi connectivity index (χ4v) is 5.57. The summed E-state index contributed by atoms with van der Waals surface area (Å²) in [6.45, 7) is 3.73. The summed E-state index contributed by atoms with van der Waals surface area (Å²) in [4.78, 5) is 25.8. The Kier molecular flexibility index (Phi) is 8.89. The number of carbonyl (C=O) groups is 1. The van der Waals surface area contributed by atoms with Crippen molar-refractivity contribution >= 4 is 39.2 Å².